The molecule has 4 rings (SSSR count). The number of Topliss-reactive ketones (excluding diaryl/α,β-unsaturated/α-hetero) is 1. The fraction of sp³-hybridized carbons (Fsp3) is 0.158. The fourth-order valence-corrected chi connectivity index (χ4v) is 3.20. The molecule has 0 saturated carbocycles. The van der Waals surface area contributed by atoms with E-state index in [0.29, 0.717) is 12.1 Å². The van der Waals surface area contributed by atoms with E-state index in [4.69, 9.17) is 5.11 Å². The van der Waals surface area contributed by atoms with Crippen molar-refractivity contribution in [1.82, 2.24) is 14.8 Å². The topological polar surface area (TPSA) is 85.1 Å². The molecule has 0 fully saturated rings. The van der Waals surface area contributed by atoms with Gasteiger partial charge in [0.2, 0.25) is 0 Å². The van der Waals surface area contributed by atoms with Crippen molar-refractivity contribution in [2.75, 3.05) is 0 Å². The van der Waals surface area contributed by atoms with Gasteiger partial charge in [-0.1, -0.05) is 18.2 Å². The molecular weight excluding hydrogens is 318 g/mol. The molecule has 1 aliphatic rings. The number of aryl methyl sites for hydroxylation is 1. The molecule has 0 atom stereocenters. The number of carbonyl (C=O) groups excluding carboxylic acids is 1. The highest BCUT2D eigenvalue weighted by atomic mass is 16.4. The Bertz CT molecular complexity index is 977. The average molecular weight is 333 g/mol. The first kappa shape index (κ1) is 15.3. The lowest BCUT2D eigenvalue weighted by Crippen LogP contribution is -2.08. The van der Waals surface area contributed by atoms with E-state index in [1.807, 2.05) is 30.3 Å². The van der Waals surface area contributed by atoms with Crippen molar-refractivity contribution in [1.29, 1.82) is 0 Å². The van der Waals surface area contributed by atoms with Crippen LogP contribution in [0.15, 0.2) is 48.9 Å². The SMILES string of the molecule is O=C(O)Cn1cc(-c2ccc3c(c2)CCC3=O)c(-c2ccncc2)n1. The van der Waals surface area contributed by atoms with Gasteiger partial charge in [-0.2, -0.15) is 5.10 Å². The second-order valence-corrected chi connectivity index (χ2v) is 6.01. The van der Waals surface area contributed by atoms with Gasteiger partial charge < -0.3 is 5.11 Å². The highest BCUT2D eigenvalue weighted by Crippen LogP contribution is 2.33. The standard InChI is InChI=1S/C19H15N3O3/c23-17-4-2-13-9-14(1-3-15(13)17)16-10-22(11-18(24)25)21-19(16)12-5-7-20-8-6-12/h1,3,5-10H,2,4,11H2,(H,24,25). The molecule has 0 amide bonds. The highest BCUT2D eigenvalue weighted by Gasteiger charge is 2.21. The summed E-state index contributed by atoms with van der Waals surface area (Å²) in [4.78, 5) is 26.9. The first-order chi connectivity index (χ1) is 12.1. The summed E-state index contributed by atoms with van der Waals surface area (Å²) in [6.45, 7) is -0.207. The maximum atomic E-state index is 11.8. The van der Waals surface area contributed by atoms with Crippen molar-refractivity contribution in [3.63, 3.8) is 0 Å². The first-order valence-electron chi connectivity index (χ1n) is 7.98. The van der Waals surface area contributed by atoms with E-state index in [-0.39, 0.29) is 12.3 Å². The molecule has 6 heteroatoms. The number of fused-ring (bicyclic) bond motifs is 1. The predicted molar refractivity (Wildman–Crippen MR) is 91.2 cm³/mol. The molecule has 1 N–H and O–H groups in total. The Balaban J connectivity index is 1.84. The molecule has 124 valence electrons. The van der Waals surface area contributed by atoms with Crippen LogP contribution in [0.3, 0.4) is 0 Å². The molecule has 0 radical (unpaired) electrons. The zero-order valence-corrected chi connectivity index (χ0v) is 13.3. The Kier molecular flexibility index (Phi) is 3.65. The van der Waals surface area contributed by atoms with Crippen LogP contribution in [0, 0.1) is 0 Å². The lowest BCUT2D eigenvalue weighted by molar-refractivity contribution is -0.137. The quantitative estimate of drug-likeness (QED) is 0.793. The monoisotopic (exact) mass is 333 g/mol. The highest BCUT2D eigenvalue weighted by molar-refractivity contribution is 6.01. The van der Waals surface area contributed by atoms with Crippen molar-refractivity contribution >= 4 is 11.8 Å². The minimum Gasteiger partial charge on any atom is -0.480 e. The summed E-state index contributed by atoms with van der Waals surface area (Å²) in [5.74, 6) is -0.771. The van der Waals surface area contributed by atoms with Crippen molar-refractivity contribution < 1.29 is 14.7 Å². The molecule has 0 saturated heterocycles. The van der Waals surface area contributed by atoms with Crippen LogP contribution >= 0.6 is 0 Å². The number of nitrogens with zero attached hydrogens (tertiary/aromatic N) is 3. The van der Waals surface area contributed by atoms with E-state index in [1.54, 1.807) is 18.6 Å². The molecule has 0 unspecified atom stereocenters. The maximum Gasteiger partial charge on any atom is 0.325 e. The molecule has 2 aromatic heterocycles. The van der Waals surface area contributed by atoms with Crippen LogP contribution < -0.4 is 0 Å². The lowest BCUT2D eigenvalue weighted by atomic mass is 9.98. The Morgan fingerprint density at radius 3 is 2.64 bits per heavy atom. The number of carboxylic acids is 1. The molecule has 0 spiro atoms. The van der Waals surface area contributed by atoms with Crippen LogP contribution in [0.25, 0.3) is 22.4 Å². The summed E-state index contributed by atoms with van der Waals surface area (Å²) in [7, 11) is 0. The molecule has 1 aliphatic carbocycles. The molecule has 0 bridgehead atoms. The number of hydrogen-bond acceptors (Lipinski definition) is 4. The summed E-state index contributed by atoms with van der Waals surface area (Å²) in [6, 6.07) is 9.44. The van der Waals surface area contributed by atoms with E-state index in [0.717, 1.165) is 34.2 Å². The number of pyridine rings is 1. The second-order valence-electron chi connectivity index (χ2n) is 6.01. The van der Waals surface area contributed by atoms with Gasteiger partial charge in [0.1, 0.15) is 12.2 Å². The minimum atomic E-state index is -0.949. The van der Waals surface area contributed by atoms with E-state index in [2.05, 4.69) is 10.1 Å². The van der Waals surface area contributed by atoms with Crippen LogP contribution in [0.2, 0.25) is 0 Å². The van der Waals surface area contributed by atoms with Gasteiger partial charge in [-0.25, -0.2) is 0 Å². The van der Waals surface area contributed by atoms with Crippen molar-refractivity contribution in [2.24, 2.45) is 0 Å². The van der Waals surface area contributed by atoms with Crippen LogP contribution in [0.1, 0.15) is 22.3 Å². The Labute approximate surface area is 143 Å². The third-order valence-electron chi connectivity index (χ3n) is 4.35. The maximum absolute atomic E-state index is 11.8. The van der Waals surface area contributed by atoms with Gasteiger partial charge in [0.25, 0.3) is 0 Å². The van der Waals surface area contributed by atoms with Crippen LogP contribution in [-0.4, -0.2) is 31.6 Å². The van der Waals surface area contributed by atoms with Crippen LogP contribution in [0.4, 0.5) is 0 Å². The number of hydrogen-bond donors (Lipinski definition) is 1. The largest absolute Gasteiger partial charge is 0.480 e. The first-order valence-corrected chi connectivity index (χ1v) is 7.98. The Hall–Kier alpha value is -3.28. The van der Waals surface area contributed by atoms with E-state index in [1.165, 1.54) is 4.68 Å². The summed E-state index contributed by atoms with van der Waals surface area (Å²) < 4.78 is 1.42. The number of carboxylic acid groups (broad SMARTS) is 1. The van der Waals surface area contributed by atoms with Gasteiger partial charge in [0.05, 0.1) is 0 Å². The number of aliphatic carboxylic acids is 1. The molecule has 25 heavy (non-hydrogen) atoms. The lowest BCUT2D eigenvalue weighted by Gasteiger charge is -2.05. The fourth-order valence-electron chi connectivity index (χ4n) is 3.20. The number of carbonyl (C=O) groups is 2. The smallest absolute Gasteiger partial charge is 0.325 e. The van der Waals surface area contributed by atoms with Crippen molar-refractivity contribution in [2.45, 2.75) is 19.4 Å². The van der Waals surface area contributed by atoms with Gasteiger partial charge in [0, 0.05) is 41.7 Å². The number of benzene rings is 1. The summed E-state index contributed by atoms with van der Waals surface area (Å²) in [6.07, 6.45) is 6.39. The third kappa shape index (κ3) is 2.82. The van der Waals surface area contributed by atoms with Crippen LogP contribution in [0.5, 0.6) is 0 Å². The second kappa shape index (κ2) is 5.98. The number of rotatable bonds is 4. The van der Waals surface area contributed by atoms with E-state index < -0.39 is 5.97 Å². The average Bonchev–Trinajstić information content (AvgIpc) is 3.19. The van der Waals surface area contributed by atoms with Gasteiger partial charge in [-0.3, -0.25) is 19.3 Å². The van der Waals surface area contributed by atoms with Gasteiger partial charge in [-0.15, -0.1) is 0 Å². The van der Waals surface area contributed by atoms with E-state index in [9.17, 15) is 9.59 Å². The number of aromatic nitrogens is 3. The molecule has 1 aromatic carbocycles. The third-order valence-corrected chi connectivity index (χ3v) is 4.35. The molecule has 0 aliphatic heterocycles. The van der Waals surface area contributed by atoms with Gasteiger partial charge in [0.15, 0.2) is 5.78 Å². The van der Waals surface area contributed by atoms with Crippen molar-refractivity contribution in [3.8, 4) is 22.4 Å². The number of ketones is 1. The predicted octanol–water partition coefficient (Wildman–Crippen LogP) is 2.83. The molecule has 2 heterocycles. The molecule has 3 aromatic rings. The zero-order chi connectivity index (χ0) is 17.4. The zero-order valence-electron chi connectivity index (χ0n) is 13.3. The molecular formula is C19H15N3O3. The van der Waals surface area contributed by atoms with Gasteiger partial charge >= 0.3 is 5.97 Å². The van der Waals surface area contributed by atoms with E-state index >= 15 is 0 Å². The summed E-state index contributed by atoms with van der Waals surface area (Å²) in [5, 5.41) is 13.5. The van der Waals surface area contributed by atoms with Crippen molar-refractivity contribution in [3.05, 3.63) is 60.0 Å². The summed E-state index contributed by atoms with van der Waals surface area (Å²) in [5.41, 5.74) is 5.16. The Morgan fingerprint density at radius 2 is 1.88 bits per heavy atom. The van der Waals surface area contributed by atoms with Gasteiger partial charge in [-0.05, 0) is 29.7 Å². The minimum absolute atomic E-state index is 0.178. The van der Waals surface area contributed by atoms with Crippen LogP contribution in [-0.2, 0) is 17.8 Å². The normalized spacial score (nSPS) is 13.0. The Morgan fingerprint density at radius 1 is 1.08 bits per heavy atom. The summed E-state index contributed by atoms with van der Waals surface area (Å²) >= 11 is 0. The molecule has 6 nitrogen and oxygen atoms in total.